The summed E-state index contributed by atoms with van der Waals surface area (Å²) in [5.41, 5.74) is 1.84. The highest BCUT2D eigenvalue weighted by Crippen LogP contribution is 2.18. The second kappa shape index (κ2) is 8.52. The van der Waals surface area contributed by atoms with Crippen molar-refractivity contribution in [1.29, 1.82) is 0 Å². The molecule has 3 heterocycles. The zero-order chi connectivity index (χ0) is 20.9. The number of aryl methyl sites for hydroxylation is 1. The molecule has 0 saturated carbocycles. The molecule has 0 spiro atoms. The van der Waals surface area contributed by atoms with Crippen LogP contribution in [0, 0.1) is 6.92 Å². The van der Waals surface area contributed by atoms with E-state index < -0.39 is 0 Å². The fourth-order valence-electron chi connectivity index (χ4n) is 2.81. The molecule has 30 heavy (non-hydrogen) atoms. The van der Waals surface area contributed by atoms with Crippen molar-refractivity contribution in [3.8, 4) is 17.3 Å². The van der Waals surface area contributed by atoms with Crippen LogP contribution in [0.25, 0.3) is 17.0 Å². The second-order valence-corrected chi connectivity index (χ2v) is 6.53. The molecule has 0 aliphatic rings. The van der Waals surface area contributed by atoms with Gasteiger partial charge in [-0.2, -0.15) is 4.52 Å². The predicted octanol–water partition coefficient (Wildman–Crippen LogP) is 0.852. The number of benzene rings is 1. The minimum Gasteiger partial charge on any atom is -0.475 e. The zero-order valence-corrected chi connectivity index (χ0v) is 16.2. The summed E-state index contributed by atoms with van der Waals surface area (Å²) in [6, 6.07) is 14.4. The summed E-state index contributed by atoms with van der Waals surface area (Å²) < 4.78 is 8.49. The Kier molecular flexibility index (Phi) is 5.46. The molecular formula is C20H19N7O3. The van der Waals surface area contributed by atoms with E-state index in [1.54, 1.807) is 23.6 Å². The van der Waals surface area contributed by atoms with Gasteiger partial charge in [0.15, 0.2) is 11.5 Å². The molecule has 1 amide bonds. The first-order valence-electron chi connectivity index (χ1n) is 9.30. The monoisotopic (exact) mass is 405 g/mol. The summed E-state index contributed by atoms with van der Waals surface area (Å²) >= 11 is 0. The van der Waals surface area contributed by atoms with Gasteiger partial charge in [0.05, 0.1) is 12.9 Å². The van der Waals surface area contributed by atoms with Crippen LogP contribution in [-0.4, -0.2) is 48.4 Å². The molecule has 4 rings (SSSR count). The lowest BCUT2D eigenvalue weighted by Gasteiger charge is -2.08. The average molecular weight is 405 g/mol. The largest absolute Gasteiger partial charge is 0.475 e. The lowest BCUT2D eigenvalue weighted by molar-refractivity contribution is -0.121. The van der Waals surface area contributed by atoms with Gasteiger partial charge in [0.25, 0.3) is 5.56 Å². The third-order valence-corrected chi connectivity index (χ3v) is 4.27. The fraction of sp³-hybridized carbons (Fsp3) is 0.200. The Morgan fingerprint density at radius 3 is 2.77 bits per heavy atom. The highest BCUT2D eigenvalue weighted by Gasteiger charge is 2.10. The molecule has 0 atom stereocenters. The van der Waals surface area contributed by atoms with Crippen molar-refractivity contribution in [3.05, 3.63) is 70.9 Å². The topological polar surface area (TPSA) is 116 Å². The van der Waals surface area contributed by atoms with Crippen LogP contribution in [0.3, 0.4) is 0 Å². The van der Waals surface area contributed by atoms with Crippen LogP contribution in [0.15, 0.2) is 59.7 Å². The molecule has 0 unspecified atom stereocenters. The Hall–Kier alpha value is -4.08. The average Bonchev–Trinajstić information content (AvgIpc) is 3.17. The van der Waals surface area contributed by atoms with Crippen LogP contribution in [0.1, 0.15) is 5.69 Å². The van der Waals surface area contributed by atoms with Gasteiger partial charge < -0.3 is 10.1 Å². The van der Waals surface area contributed by atoms with E-state index in [9.17, 15) is 9.59 Å². The minimum absolute atomic E-state index is 0.0997. The van der Waals surface area contributed by atoms with E-state index >= 15 is 0 Å². The number of hydrogen-bond acceptors (Lipinski definition) is 7. The minimum atomic E-state index is -0.306. The van der Waals surface area contributed by atoms with E-state index in [0.717, 1.165) is 5.56 Å². The van der Waals surface area contributed by atoms with Gasteiger partial charge in [-0.1, -0.05) is 30.3 Å². The van der Waals surface area contributed by atoms with Gasteiger partial charge in [-0.3, -0.25) is 14.2 Å². The standard InChI is InChI=1S/C20H19N7O3/c1-14-11-19(29)26(13-22-14)12-17(28)21-9-10-30-18-8-7-16-23-24-20(27(16)25-18)15-5-3-2-4-6-15/h2-8,11,13H,9-10,12H2,1H3,(H,21,28). The summed E-state index contributed by atoms with van der Waals surface area (Å²) in [6.07, 6.45) is 1.36. The number of amides is 1. The van der Waals surface area contributed by atoms with E-state index in [1.165, 1.54) is 17.0 Å². The van der Waals surface area contributed by atoms with Crippen LogP contribution in [0.4, 0.5) is 0 Å². The Labute approximate surface area is 171 Å². The third kappa shape index (κ3) is 4.32. The van der Waals surface area contributed by atoms with Gasteiger partial charge >= 0.3 is 0 Å². The quantitative estimate of drug-likeness (QED) is 0.453. The number of ether oxygens (including phenoxy) is 1. The Morgan fingerprint density at radius 2 is 1.97 bits per heavy atom. The van der Waals surface area contributed by atoms with Crippen molar-refractivity contribution in [2.45, 2.75) is 13.5 Å². The van der Waals surface area contributed by atoms with Gasteiger partial charge in [-0.15, -0.1) is 15.3 Å². The molecule has 0 aliphatic heterocycles. The molecule has 1 N–H and O–H groups in total. The van der Waals surface area contributed by atoms with Crippen molar-refractivity contribution < 1.29 is 9.53 Å². The van der Waals surface area contributed by atoms with Gasteiger partial charge in [0.2, 0.25) is 11.8 Å². The maximum absolute atomic E-state index is 12.0. The van der Waals surface area contributed by atoms with E-state index in [2.05, 4.69) is 25.6 Å². The Balaban J connectivity index is 1.34. The predicted molar refractivity (Wildman–Crippen MR) is 108 cm³/mol. The molecule has 3 aromatic heterocycles. The number of nitrogens with one attached hydrogen (secondary N) is 1. The molecule has 0 radical (unpaired) electrons. The molecule has 0 aliphatic carbocycles. The highest BCUT2D eigenvalue weighted by atomic mass is 16.5. The molecule has 0 fully saturated rings. The fourth-order valence-corrected chi connectivity index (χ4v) is 2.81. The van der Waals surface area contributed by atoms with Crippen LogP contribution in [0.2, 0.25) is 0 Å². The maximum atomic E-state index is 12.0. The summed E-state index contributed by atoms with van der Waals surface area (Å²) in [5, 5.41) is 15.4. The van der Waals surface area contributed by atoms with E-state index in [4.69, 9.17) is 4.74 Å². The highest BCUT2D eigenvalue weighted by molar-refractivity contribution is 5.75. The first-order chi connectivity index (χ1) is 14.6. The lowest BCUT2D eigenvalue weighted by Crippen LogP contribution is -2.34. The van der Waals surface area contributed by atoms with Crippen LogP contribution < -0.4 is 15.6 Å². The van der Waals surface area contributed by atoms with E-state index in [-0.39, 0.29) is 31.2 Å². The summed E-state index contributed by atoms with van der Waals surface area (Å²) in [6.45, 7) is 2.10. The molecule has 10 nitrogen and oxygen atoms in total. The molecule has 0 bridgehead atoms. The van der Waals surface area contributed by atoms with Gasteiger partial charge in [-0.05, 0) is 13.0 Å². The first kappa shape index (κ1) is 19.2. The van der Waals surface area contributed by atoms with E-state index in [1.807, 2.05) is 30.3 Å². The number of carbonyl (C=O) groups excluding carboxylic acids is 1. The normalized spacial score (nSPS) is 10.8. The van der Waals surface area contributed by atoms with Gasteiger partial charge in [0, 0.05) is 23.4 Å². The van der Waals surface area contributed by atoms with Gasteiger partial charge in [-0.25, -0.2) is 4.98 Å². The summed E-state index contributed by atoms with van der Waals surface area (Å²) in [5.74, 6) is 0.689. The van der Waals surface area contributed by atoms with Crippen molar-refractivity contribution in [3.63, 3.8) is 0 Å². The van der Waals surface area contributed by atoms with Crippen molar-refractivity contribution in [2.75, 3.05) is 13.2 Å². The van der Waals surface area contributed by atoms with Gasteiger partial charge in [0.1, 0.15) is 13.2 Å². The Bertz CT molecular complexity index is 1230. The molecule has 0 saturated heterocycles. The molecule has 4 aromatic rings. The summed E-state index contributed by atoms with van der Waals surface area (Å²) in [7, 11) is 0. The molecule has 10 heteroatoms. The number of fused-ring (bicyclic) bond motifs is 1. The molecule has 152 valence electrons. The maximum Gasteiger partial charge on any atom is 0.253 e. The van der Waals surface area contributed by atoms with Crippen LogP contribution >= 0.6 is 0 Å². The number of carbonyl (C=O) groups is 1. The van der Waals surface area contributed by atoms with Crippen molar-refractivity contribution in [2.24, 2.45) is 0 Å². The lowest BCUT2D eigenvalue weighted by atomic mass is 10.2. The van der Waals surface area contributed by atoms with Crippen LogP contribution in [-0.2, 0) is 11.3 Å². The number of aromatic nitrogens is 6. The van der Waals surface area contributed by atoms with Crippen LogP contribution in [0.5, 0.6) is 5.88 Å². The smallest absolute Gasteiger partial charge is 0.253 e. The second-order valence-electron chi connectivity index (χ2n) is 6.53. The first-order valence-corrected chi connectivity index (χ1v) is 9.30. The SMILES string of the molecule is Cc1cc(=O)n(CC(=O)NCCOc2ccc3nnc(-c4ccccc4)n3n2)cn1. The van der Waals surface area contributed by atoms with Crippen molar-refractivity contribution >= 4 is 11.6 Å². The third-order valence-electron chi connectivity index (χ3n) is 4.27. The number of rotatable bonds is 7. The number of hydrogen-bond donors (Lipinski definition) is 1. The van der Waals surface area contributed by atoms with Crippen molar-refractivity contribution in [1.82, 2.24) is 34.7 Å². The molecule has 1 aromatic carbocycles. The molecular weight excluding hydrogens is 386 g/mol. The Morgan fingerprint density at radius 1 is 1.13 bits per heavy atom. The number of nitrogens with zero attached hydrogens (tertiary/aromatic N) is 6. The zero-order valence-electron chi connectivity index (χ0n) is 16.2. The summed E-state index contributed by atoms with van der Waals surface area (Å²) in [4.78, 5) is 27.8. The van der Waals surface area contributed by atoms with E-state index in [0.29, 0.717) is 23.0 Å².